The van der Waals surface area contributed by atoms with Crippen LogP contribution < -0.4 is 4.74 Å². The Morgan fingerprint density at radius 1 is 1.00 bits per heavy atom. The van der Waals surface area contributed by atoms with Gasteiger partial charge in [-0.25, -0.2) is 4.79 Å². The van der Waals surface area contributed by atoms with Crippen molar-refractivity contribution < 1.29 is 19.1 Å². The number of nitrogens with one attached hydrogen (secondary N) is 1. The van der Waals surface area contributed by atoms with Gasteiger partial charge in [-0.2, -0.15) is 0 Å². The van der Waals surface area contributed by atoms with Gasteiger partial charge in [-0.15, -0.1) is 0 Å². The van der Waals surface area contributed by atoms with Crippen LogP contribution in [0.5, 0.6) is 5.75 Å². The first-order valence-electron chi connectivity index (χ1n) is 9.76. The predicted molar refractivity (Wildman–Crippen MR) is 120 cm³/mol. The van der Waals surface area contributed by atoms with Crippen molar-refractivity contribution >= 4 is 34.3 Å². The molecule has 6 heteroatoms. The molecule has 0 aliphatic carbocycles. The van der Waals surface area contributed by atoms with Crippen LogP contribution in [0.4, 0.5) is 0 Å². The number of ether oxygens (including phenoxy) is 2. The van der Waals surface area contributed by atoms with Gasteiger partial charge in [-0.3, -0.25) is 4.79 Å². The van der Waals surface area contributed by atoms with Gasteiger partial charge in [0.25, 0.3) is 0 Å². The number of benzene rings is 3. The number of rotatable bonds is 7. The SMILES string of the molecule is Cc1cc(OCC(=O)OC(C(=O)c2c[nH]c3ccccc23)c2ccccc2)ccc1Cl. The van der Waals surface area contributed by atoms with Crippen LogP contribution >= 0.6 is 11.6 Å². The summed E-state index contributed by atoms with van der Waals surface area (Å²) in [6.45, 7) is 1.52. The molecule has 1 aromatic heterocycles. The fourth-order valence-corrected chi connectivity index (χ4v) is 3.45. The predicted octanol–water partition coefficient (Wildman–Crippen LogP) is 5.68. The zero-order valence-electron chi connectivity index (χ0n) is 16.8. The van der Waals surface area contributed by atoms with Gasteiger partial charge in [-0.1, -0.05) is 60.1 Å². The van der Waals surface area contributed by atoms with Gasteiger partial charge in [0.15, 0.2) is 12.7 Å². The van der Waals surface area contributed by atoms with Gasteiger partial charge in [0.1, 0.15) is 5.75 Å². The Kier molecular flexibility index (Phi) is 6.05. The number of Topliss-reactive ketones (excluding diaryl/α,β-unsaturated/α-hetero) is 1. The average Bonchev–Trinajstić information content (AvgIpc) is 3.22. The van der Waals surface area contributed by atoms with Crippen molar-refractivity contribution in [1.29, 1.82) is 0 Å². The second-order valence-corrected chi connectivity index (χ2v) is 7.50. The fourth-order valence-electron chi connectivity index (χ4n) is 3.33. The summed E-state index contributed by atoms with van der Waals surface area (Å²) in [4.78, 5) is 29.0. The second kappa shape index (κ2) is 9.06. The first kappa shape index (κ1) is 20.7. The topological polar surface area (TPSA) is 68.4 Å². The number of halogens is 1. The van der Waals surface area contributed by atoms with Crippen LogP contribution in [0, 0.1) is 6.92 Å². The van der Waals surface area contributed by atoms with Gasteiger partial charge < -0.3 is 14.5 Å². The van der Waals surface area contributed by atoms with Crippen LogP contribution in [0.2, 0.25) is 5.02 Å². The molecule has 0 amide bonds. The first-order valence-corrected chi connectivity index (χ1v) is 10.1. The Morgan fingerprint density at radius 3 is 2.52 bits per heavy atom. The van der Waals surface area contributed by atoms with Crippen molar-refractivity contribution in [2.45, 2.75) is 13.0 Å². The minimum absolute atomic E-state index is 0.306. The molecular weight excluding hydrogens is 414 g/mol. The van der Waals surface area contributed by atoms with E-state index in [1.54, 1.807) is 48.7 Å². The molecule has 0 aliphatic rings. The van der Waals surface area contributed by atoms with E-state index in [9.17, 15) is 9.59 Å². The molecular formula is C25H20ClNO4. The molecule has 4 aromatic rings. The molecule has 0 spiro atoms. The molecule has 1 heterocycles. The number of ketones is 1. The zero-order chi connectivity index (χ0) is 21.8. The van der Waals surface area contributed by atoms with Crippen molar-refractivity contribution in [3.05, 3.63) is 101 Å². The fraction of sp³-hybridized carbons (Fsp3) is 0.120. The molecule has 1 unspecified atom stereocenters. The molecule has 5 nitrogen and oxygen atoms in total. The normalized spacial score (nSPS) is 11.8. The molecule has 1 N–H and O–H groups in total. The third-order valence-corrected chi connectivity index (χ3v) is 5.35. The summed E-state index contributed by atoms with van der Waals surface area (Å²) in [6.07, 6.45) is 0.562. The molecule has 0 saturated heterocycles. The molecule has 0 saturated carbocycles. The lowest BCUT2D eigenvalue weighted by Gasteiger charge is -2.17. The van der Waals surface area contributed by atoms with Crippen LogP contribution in [0.15, 0.2) is 79.0 Å². The summed E-state index contributed by atoms with van der Waals surface area (Å²) < 4.78 is 11.1. The van der Waals surface area contributed by atoms with E-state index in [0.29, 0.717) is 21.9 Å². The van der Waals surface area contributed by atoms with Gasteiger partial charge in [0.05, 0.1) is 0 Å². The highest BCUT2D eigenvalue weighted by molar-refractivity contribution is 6.31. The maximum Gasteiger partial charge on any atom is 0.345 e. The third-order valence-electron chi connectivity index (χ3n) is 4.93. The summed E-state index contributed by atoms with van der Waals surface area (Å²) >= 11 is 6.02. The smallest absolute Gasteiger partial charge is 0.345 e. The summed E-state index contributed by atoms with van der Waals surface area (Å²) in [5, 5.41) is 1.39. The van der Waals surface area contributed by atoms with Gasteiger partial charge in [0, 0.05) is 33.2 Å². The molecule has 0 fully saturated rings. The Bertz CT molecular complexity index is 1230. The minimum atomic E-state index is -1.08. The molecule has 0 radical (unpaired) electrons. The van der Waals surface area contributed by atoms with Crippen LogP contribution in [0.25, 0.3) is 10.9 Å². The number of carbonyl (C=O) groups excluding carboxylic acids is 2. The Morgan fingerprint density at radius 2 is 1.74 bits per heavy atom. The van der Waals surface area contributed by atoms with Crippen LogP contribution in [-0.4, -0.2) is 23.3 Å². The van der Waals surface area contributed by atoms with Crippen molar-refractivity contribution in [2.24, 2.45) is 0 Å². The number of H-pyrrole nitrogens is 1. The van der Waals surface area contributed by atoms with E-state index in [2.05, 4.69) is 4.98 Å². The first-order chi connectivity index (χ1) is 15.0. The molecule has 4 rings (SSSR count). The molecule has 3 aromatic carbocycles. The van der Waals surface area contributed by atoms with E-state index in [1.165, 1.54) is 0 Å². The maximum absolute atomic E-state index is 13.4. The van der Waals surface area contributed by atoms with E-state index in [-0.39, 0.29) is 12.4 Å². The standard InChI is InChI=1S/C25H20ClNO4/c1-16-13-18(11-12-21(16)26)30-15-23(28)31-25(17-7-3-2-4-8-17)24(29)20-14-27-22-10-6-5-9-19(20)22/h2-14,25,27H,15H2,1H3. The minimum Gasteiger partial charge on any atom is -0.482 e. The molecule has 0 bridgehead atoms. The Balaban J connectivity index is 1.55. The van der Waals surface area contributed by atoms with Gasteiger partial charge in [-0.05, 0) is 36.8 Å². The van der Waals surface area contributed by atoms with E-state index in [4.69, 9.17) is 21.1 Å². The highest BCUT2D eigenvalue weighted by atomic mass is 35.5. The summed E-state index contributed by atoms with van der Waals surface area (Å²) in [7, 11) is 0. The van der Waals surface area contributed by atoms with Crippen molar-refractivity contribution in [2.75, 3.05) is 6.61 Å². The van der Waals surface area contributed by atoms with Crippen molar-refractivity contribution in [1.82, 2.24) is 4.98 Å². The number of aromatic amines is 1. The van der Waals surface area contributed by atoms with Crippen LogP contribution in [-0.2, 0) is 9.53 Å². The Hall–Kier alpha value is -3.57. The number of esters is 1. The molecule has 0 aliphatic heterocycles. The van der Waals surface area contributed by atoms with Crippen molar-refractivity contribution in [3.63, 3.8) is 0 Å². The Labute approximate surface area is 184 Å². The largest absolute Gasteiger partial charge is 0.482 e. The number of fused-ring (bicyclic) bond motifs is 1. The lowest BCUT2D eigenvalue weighted by atomic mass is 9.99. The average molecular weight is 434 g/mol. The lowest BCUT2D eigenvalue weighted by molar-refractivity contribution is -0.149. The number of para-hydroxylation sites is 1. The van der Waals surface area contributed by atoms with E-state index in [1.807, 2.05) is 37.3 Å². The highest BCUT2D eigenvalue weighted by Gasteiger charge is 2.28. The lowest BCUT2D eigenvalue weighted by Crippen LogP contribution is -2.23. The summed E-state index contributed by atoms with van der Waals surface area (Å²) in [5.74, 6) is -0.452. The summed E-state index contributed by atoms with van der Waals surface area (Å²) in [5.41, 5.74) is 2.73. The monoisotopic (exact) mass is 433 g/mol. The quantitative estimate of drug-likeness (QED) is 0.301. The van der Waals surface area contributed by atoms with Crippen LogP contribution in [0.3, 0.4) is 0 Å². The molecule has 31 heavy (non-hydrogen) atoms. The second-order valence-electron chi connectivity index (χ2n) is 7.09. The highest BCUT2D eigenvalue weighted by Crippen LogP contribution is 2.27. The number of aryl methyl sites for hydroxylation is 1. The molecule has 156 valence electrons. The van der Waals surface area contributed by atoms with E-state index >= 15 is 0 Å². The maximum atomic E-state index is 13.4. The van der Waals surface area contributed by atoms with Gasteiger partial charge >= 0.3 is 5.97 Å². The third kappa shape index (κ3) is 4.62. The molecule has 1 atom stereocenters. The number of hydrogen-bond donors (Lipinski definition) is 1. The number of aromatic nitrogens is 1. The number of hydrogen-bond acceptors (Lipinski definition) is 4. The van der Waals surface area contributed by atoms with E-state index < -0.39 is 12.1 Å². The van der Waals surface area contributed by atoms with Crippen LogP contribution in [0.1, 0.15) is 27.6 Å². The number of carbonyl (C=O) groups is 2. The summed E-state index contributed by atoms with van der Waals surface area (Å²) in [6, 6.07) is 21.5. The zero-order valence-corrected chi connectivity index (χ0v) is 17.6. The van der Waals surface area contributed by atoms with Gasteiger partial charge in [0.2, 0.25) is 5.78 Å². The van der Waals surface area contributed by atoms with E-state index in [0.717, 1.165) is 16.5 Å². The van der Waals surface area contributed by atoms with Crippen molar-refractivity contribution in [3.8, 4) is 5.75 Å².